The molecular formula is C22H16FN5O2S. The molecule has 0 saturated heterocycles. The lowest BCUT2D eigenvalue weighted by Crippen LogP contribution is -2.42. The van der Waals surface area contributed by atoms with E-state index in [0.29, 0.717) is 28.3 Å². The van der Waals surface area contributed by atoms with E-state index in [1.54, 1.807) is 0 Å². The zero-order valence-electron chi connectivity index (χ0n) is 16.3. The molecule has 2 aromatic carbocycles. The van der Waals surface area contributed by atoms with E-state index in [9.17, 15) is 14.4 Å². The van der Waals surface area contributed by atoms with E-state index < -0.39 is 17.1 Å². The van der Waals surface area contributed by atoms with Crippen LogP contribution >= 0.6 is 11.8 Å². The normalized spacial score (nSPS) is 18.9. The zero-order chi connectivity index (χ0) is 21.8. The summed E-state index contributed by atoms with van der Waals surface area (Å²) in [5.41, 5.74) is 7.11. The van der Waals surface area contributed by atoms with Gasteiger partial charge in [0.05, 0.1) is 11.3 Å². The highest BCUT2D eigenvalue weighted by atomic mass is 32.2. The Morgan fingerprint density at radius 2 is 2.06 bits per heavy atom. The van der Waals surface area contributed by atoms with Gasteiger partial charge in [-0.25, -0.2) is 4.39 Å². The third-order valence-corrected chi connectivity index (χ3v) is 6.54. The summed E-state index contributed by atoms with van der Waals surface area (Å²) in [6.45, 7) is 2.01. The van der Waals surface area contributed by atoms with Crippen LogP contribution in [-0.2, 0) is 16.0 Å². The number of hydrogen-bond donors (Lipinski definition) is 3. The number of halogens is 1. The van der Waals surface area contributed by atoms with Crippen LogP contribution in [0, 0.1) is 24.1 Å². The number of fused-ring (bicyclic) bond motifs is 4. The summed E-state index contributed by atoms with van der Waals surface area (Å²) in [5.74, 6) is -0.736. The standard InChI is InChI=1S/C22H16FN5O2S/c1-11-2-5-13(6-3-11)31-10-17-18-20(28-27-17)30-19(25)15(9-24)22(18)14-8-12(23)4-7-16(14)26-21(22)29/h2-8H,10,25H2,1H3,(H,26,29)(H,27,28)/t22-/m0/s1. The molecule has 5 rings (SSSR count). The van der Waals surface area contributed by atoms with Gasteiger partial charge in [0.2, 0.25) is 17.7 Å². The summed E-state index contributed by atoms with van der Waals surface area (Å²) < 4.78 is 19.8. The number of nitriles is 1. The van der Waals surface area contributed by atoms with Crippen LogP contribution in [0.25, 0.3) is 0 Å². The minimum Gasteiger partial charge on any atom is -0.420 e. The number of hydrogen-bond acceptors (Lipinski definition) is 6. The summed E-state index contributed by atoms with van der Waals surface area (Å²) in [4.78, 5) is 14.4. The third kappa shape index (κ3) is 2.72. The predicted molar refractivity (Wildman–Crippen MR) is 113 cm³/mol. The number of nitrogens with two attached hydrogens (primary N) is 1. The number of amides is 1. The van der Waals surface area contributed by atoms with E-state index in [1.165, 1.54) is 30.0 Å². The van der Waals surface area contributed by atoms with Crippen molar-refractivity contribution < 1.29 is 13.9 Å². The van der Waals surface area contributed by atoms with Crippen LogP contribution in [0.1, 0.15) is 22.4 Å². The summed E-state index contributed by atoms with van der Waals surface area (Å²) >= 11 is 1.53. The number of aryl methyl sites for hydroxylation is 1. The molecule has 0 unspecified atom stereocenters. The molecular weight excluding hydrogens is 417 g/mol. The van der Waals surface area contributed by atoms with Gasteiger partial charge in [0.15, 0.2) is 0 Å². The van der Waals surface area contributed by atoms with Gasteiger partial charge in [-0.2, -0.15) is 5.26 Å². The quantitative estimate of drug-likeness (QED) is 0.545. The van der Waals surface area contributed by atoms with Crippen LogP contribution in [0.2, 0.25) is 0 Å². The first kappa shape index (κ1) is 19.2. The van der Waals surface area contributed by atoms with Crippen molar-refractivity contribution in [3.8, 4) is 11.9 Å². The Balaban J connectivity index is 1.68. The monoisotopic (exact) mass is 433 g/mol. The smallest absolute Gasteiger partial charge is 0.245 e. The summed E-state index contributed by atoms with van der Waals surface area (Å²) in [6, 6.07) is 14.0. The van der Waals surface area contributed by atoms with Crippen LogP contribution in [0.3, 0.4) is 0 Å². The van der Waals surface area contributed by atoms with Crippen LogP contribution in [-0.4, -0.2) is 16.1 Å². The van der Waals surface area contributed by atoms with Crippen molar-refractivity contribution in [1.82, 2.24) is 10.2 Å². The second kappa shape index (κ2) is 6.89. The average molecular weight is 433 g/mol. The van der Waals surface area contributed by atoms with Gasteiger partial charge in [-0.15, -0.1) is 16.9 Å². The van der Waals surface area contributed by atoms with Gasteiger partial charge in [0, 0.05) is 21.9 Å². The summed E-state index contributed by atoms with van der Waals surface area (Å²) in [6.07, 6.45) is 0. The van der Waals surface area contributed by atoms with E-state index in [-0.39, 0.29) is 17.3 Å². The molecule has 7 nitrogen and oxygen atoms in total. The molecule has 1 spiro atoms. The van der Waals surface area contributed by atoms with Gasteiger partial charge in [0.1, 0.15) is 22.9 Å². The minimum atomic E-state index is -1.64. The Morgan fingerprint density at radius 3 is 2.81 bits per heavy atom. The lowest BCUT2D eigenvalue weighted by Gasteiger charge is -2.31. The van der Waals surface area contributed by atoms with Crippen molar-refractivity contribution in [2.45, 2.75) is 23.0 Å². The Morgan fingerprint density at radius 1 is 1.29 bits per heavy atom. The maximum absolute atomic E-state index is 14.2. The van der Waals surface area contributed by atoms with Crippen molar-refractivity contribution in [2.75, 3.05) is 5.32 Å². The molecule has 0 saturated carbocycles. The highest BCUT2D eigenvalue weighted by molar-refractivity contribution is 7.98. The zero-order valence-corrected chi connectivity index (χ0v) is 17.1. The molecule has 154 valence electrons. The number of H-pyrrole nitrogens is 1. The van der Waals surface area contributed by atoms with Crippen molar-refractivity contribution in [3.05, 3.63) is 82.1 Å². The van der Waals surface area contributed by atoms with E-state index in [2.05, 4.69) is 15.5 Å². The van der Waals surface area contributed by atoms with Gasteiger partial charge in [-0.1, -0.05) is 17.7 Å². The van der Waals surface area contributed by atoms with Gasteiger partial charge in [-0.3, -0.25) is 9.89 Å². The SMILES string of the molecule is Cc1ccc(SCc2[nH]nc3c2[C@@]2(C(=O)Nc4ccc(F)cc42)C(C#N)=C(N)O3)cc1. The number of anilines is 1. The highest BCUT2D eigenvalue weighted by Crippen LogP contribution is 2.54. The fourth-order valence-electron chi connectivity index (χ4n) is 4.09. The van der Waals surface area contributed by atoms with Gasteiger partial charge in [0.25, 0.3) is 0 Å². The molecule has 0 radical (unpaired) electrons. The van der Waals surface area contributed by atoms with Gasteiger partial charge >= 0.3 is 0 Å². The highest BCUT2D eigenvalue weighted by Gasteiger charge is 2.58. The van der Waals surface area contributed by atoms with Crippen molar-refractivity contribution in [3.63, 3.8) is 0 Å². The third-order valence-electron chi connectivity index (χ3n) is 5.50. The van der Waals surface area contributed by atoms with E-state index in [1.807, 2.05) is 37.3 Å². The molecule has 2 aliphatic heterocycles. The lowest BCUT2D eigenvalue weighted by molar-refractivity contribution is -0.118. The fraction of sp³-hybridized carbons (Fsp3) is 0.136. The predicted octanol–water partition coefficient (Wildman–Crippen LogP) is 3.47. The number of ether oxygens (including phenoxy) is 1. The van der Waals surface area contributed by atoms with Crippen LogP contribution in [0.4, 0.5) is 10.1 Å². The van der Waals surface area contributed by atoms with Crippen molar-refractivity contribution in [2.24, 2.45) is 5.73 Å². The fourth-order valence-corrected chi connectivity index (χ4v) is 4.94. The van der Waals surface area contributed by atoms with E-state index in [0.717, 1.165) is 10.5 Å². The molecule has 1 atom stereocenters. The molecule has 3 aromatic rings. The number of rotatable bonds is 3. The molecule has 0 bridgehead atoms. The molecule has 1 aromatic heterocycles. The molecule has 0 fully saturated rings. The Kier molecular flexibility index (Phi) is 4.27. The number of aromatic amines is 1. The van der Waals surface area contributed by atoms with Crippen LogP contribution in [0.15, 0.2) is 58.8 Å². The molecule has 4 N–H and O–H groups in total. The van der Waals surface area contributed by atoms with Crippen molar-refractivity contribution in [1.29, 1.82) is 5.26 Å². The van der Waals surface area contributed by atoms with Gasteiger partial charge in [-0.05, 0) is 37.3 Å². The maximum Gasteiger partial charge on any atom is 0.245 e. The van der Waals surface area contributed by atoms with Crippen LogP contribution in [0.5, 0.6) is 5.88 Å². The second-order valence-electron chi connectivity index (χ2n) is 7.33. The molecule has 31 heavy (non-hydrogen) atoms. The Hall–Kier alpha value is -3.77. The number of nitrogens with zero attached hydrogens (tertiary/aromatic N) is 2. The number of carbonyl (C=O) groups excluding carboxylic acids is 1. The van der Waals surface area contributed by atoms with Crippen molar-refractivity contribution >= 4 is 23.4 Å². The van der Waals surface area contributed by atoms with Crippen LogP contribution < -0.4 is 15.8 Å². The number of thioether (sulfide) groups is 1. The minimum absolute atomic E-state index is 0.0927. The molecule has 3 heterocycles. The Labute approximate surface area is 181 Å². The summed E-state index contributed by atoms with van der Waals surface area (Å²) in [7, 11) is 0. The average Bonchev–Trinajstić information content (AvgIpc) is 3.27. The molecule has 9 heteroatoms. The van der Waals surface area contributed by atoms with Gasteiger partial charge < -0.3 is 15.8 Å². The number of benzene rings is 2. The number of carbonyl (C=O) groups is 1. The largest absolute Gasteiger partial charge is 0.420 e. The maximum atomic E-state index is 14.2. The Bertz CT molecular complexity index is 1310. The molecule has 2 aliphatic rings. The first-order valence-corrected chi connectivity index (χ1v) is 10.4. The van der Waals surface area contributed by atoms with E-state index in [4.69, 9.17) is 10.5 Å². The summed E-state index contributed by atoms with van der Waals surface area (Å²) in [5, 5.41) is 19.8. The number of nitrogens with one attached hydrogen (secondary N) is 2. The number of aromatic nitrogens is 2. The molecule has 0 aliphatic carbocycles. The first-order valence-electron chi connectivity index (χ1n) is 9.42. The second-order valence-corrected chi connectivity index (χ2v) is 8.38. The van der Waals surface area contributed by atoms with E-state index >= 15 is 0 Å². The topological polar surface area (TPSA) is 117 Å². The lowest BCUT2D eigenvalue weighted by atomic mass is 9.69. The first-order chi connectivity index (χ1) is 14.9. The molecule has 1 amide bonds.